The average Bonchev–Trinajstić information content (AvgIpc) is 3.37. The molecule has 0 bridgehead atoms. The highest BCUT2D eigenvalue weighted by Gasteiger charge is 2.31. The molecule has 1 heterocycles. The summed E-state index contributed by atoms with van der Waals surface area (Å²) < 4.78 is 2.16. The van der Waals surface area contributed by atoms with Crippen LogP contribution in [0.25, 0.3) is 0 Å². The highest BCUT2D eigenvalue weighted by Crippen LogP contribution is 2.40. The standard InChI is InChI=1S/C18H24N4OS/c1-4-21(15-9-7-6-8-10-15)17(23)13(3)24-18-20-19-16(14-11-12-14)22(18)5-2/h6-10,13-14H,4-5,11-12H2,1-3H3. The average molecular weight is 344 g/mol. The van der Waals surface area contributed by atoms with Crippen molar-refractivity contribution >= 4 is 23.4 Å². The molecule has 0 radical (unpaired) electrons. The Kier molecular flexibility index (Phi) is 5.23. The summed E-state index contributed by atoms with van der Waals surface area (Å²) in [4.78, 5) is 14.7. The van der Waals surface area contributed by atoms with Gasteiger partial charge in [0.1, 0.15) is 5.82 Å². The Labute approximate surface area is 147 Å². The fraction of sp³-hybridized carbons (Fsp3) is 0.500. The van der Waals surface area contributed by atoms with Gasteiger partial charge in [0.05, 0.1) is 5.25 Å². The SMILES string of the molecule is CCN(C(=O)C(C)Sc1nnc(C2CC2)n1CC)c1ccccc1. The molecule has 1 aromatic heterocycles. The third-order valence-corrected chi connectivity index (χ3v) is 5.35. The fourth-order valence-electron chi connectivity index (χ4n) is 2.83. The molecule has 128 valence electrons. The third kappa shape index (κ3) is 3.48. The molecule has 1 saturated carbocycles. The van der Waals surface area contributed by atoms with Crippen molar-refractivity contribution < 1.29 is 4.79 Å². The van der Waals surface area contributed by atoms with Gasteiger partial charge in [-0.3, -0.25) is 4.79 Å². The van der Waals surface area contributed by atoms with Gasteiger partial charge in [-0.25, -0.2) is 0 Å². The largest absolute Gasteiger partial charge is 0.312 e. The van der Waals surface area contributed by atoms with Gasteiger partial charge in [0.25, 0.3) is 0 Å². The first-order chi connectivity index (χ1) is 11.7. The number of thioether (sulfide) groups is 1. The van der Waals surface area contributed by atoms with Crippen LogP contribution in [0.3, 0.4) is 0 Å². The van der Waals surface area contributed by atoms with Gasteiger partial charge in [-0.2, -0.15) is 0 Å². The Morgan fingerprint density at radius 2 is 2.00 bits per heavy atom. The van der Waals surface area contributed by atoms with Crippen molar-refractivity contribution in [2.75, 3.05) is 11.4 Å². The van der Waals surface area contributed by atoms with E-state index in [1.807, 2.05) is 49.1 Å². The zero-order chi connectivity index (χ0) is 17.1. The van der Waals surface area contributed by atoms with Crippen LogP contribution in [0.1, 0.15) is 45.4 Å². The van der Waals surface area contributed by atoms with E-state index in [-0.39, 0.29) is 11.2 Å². The molecule has 0 aliphatic heterocycles. The van der Waals surface area contributed by atoms with E-state index in [0.29, 0.717) is 12.5 Å². The second-order valence-corrected chi connectivity index (χ2v) is 7.35. The first kappa shape index (κ1) is 17.0. The van der Waals surface area contributed by atoms with Crippen LogP contribution in [0.15, 0.2) is 35.5 Å². The lowest BCUT2D eigenvalue weighted by atomic mass is 10.2. The van der Waals surface area contributed by atoms with Crippen molar-refractivity contribution in [3.8, 4) is 0 Å². The summed E-state index contributed by atoms with van der Waals surface area (Å²) in [6.45, 7) is 7.56. The molecule has 1 fully saturated rings. The summed E-state index contributed by atoms with van der Waals surface area (Å²) >= 11 is 1.51. The van der Waals surface area contributed by atoms with E-state index in [0.717, 1.165) is 23.2 Å². The second-order valence-electron chi connectivity index (χ2n) is 6.04. The molecule has 1 aromatic carbocycles. The monoisotopic (exact) mass is 344 g/mol. The van der Waals surface area contributed by atoms with Crippen molar-refractivity contribution in [1.82, 2.24) is 14.8 Å². The van der Waals surface area contributed by atoms with Gasteiger partial charge < -0.3 is 9.47 Å². The summed E-state index contributed by atoms with van der Waals surface area (Å²) in [5.74, 6) is 1.75. The van der Waals surface area contributed by atoms with Gasteiger partial charge in [-0.1, -0.05) is 30.0 Å². The third-order valence-electron chi connectivity index (χ3n) is 4.28. The molecule has 1 unspecified atom stereocenters. The van der Waals surface area contributed by atoms with E-state index in [1.165, 1.54) is 24.6 Å². The van der Waals surface area contributed by atoms with Gasteiger partial charge in [0, 0.05) is 24.7 Å². The van der Waals surface area contributed by atoms with E-state index in [4.69, 9.17) is 0 Å². The van der Waals surface area contributed by atoms with Crippen LogP contribution in [0.2, 0.25) is 0 Å². The lowest BCUT2D eigenvalue weighted by molar-refractivity contribution is -0.117. The van der Waals surface area contributed by atoms with Gasteiger partial charge in [-0.05, 0) is 45.7 Å². The molecule has 1 amide bonds. The topological polar surface area (TPSA) is 51.0 Å². The minimum Gasteiger partial charge on any atom is -0.312 e. The van der Waals surface area contributed by atoms with E-state index >= 15 is 0 Å². The molecule has 0 N–H and O–H groups in total. The van der Waals surface area contributed by atoms with Crippen LogP contribution in [0.5, 0.6) is 0 Å². The van der Waals surface area contributed by atoms with Crippen LogP contribution in [0.4, 0.5) is 5.69 Å². The number of hydrogen-bond donors (Lipinski definition) is 0. The Morgan fingerprint density at radius 3 is 2.58 bits per heavy atom. The molecule has 2 aromatic rings. The summed E-state index contributed by atoms with van der Waals surface area (Å²) in [6.07, 6.45) is 2.41. The minimum absolute atomic E-state index is 0.104. The first-order valence-electron chi connectivity index (χ1n) is 8.61. The Bertz CT molecular complexity index is 696. The van der Waals surface area contributed by atoms with Gasteiger partial charge >= 0.3 is 0 Å². The zero-order valence-electron chi connectivity index (χ0n) is 14.5. The van der Waals surface area contributed by atoms with Crippen molar-refractivity contribution in [2.24, 2.45) is 0 Å². The van der Waals surface area contributed by atoms with Crippen molar-refractivity contribution in [2.45, 2.75) is 56.5 Å². The number of anilines is 1. The Morgan fingerprint density at radius 1 is 1.29 bits per heavy atom. The number of benzene rings is 1. The Balaban J connectivity index is 1.74. The van der Waals surface area contributed by atoms with E-state index < -0.39 is 0 Å². The number of amides is 1. The molecular formula is C18H24N4OS. The molecule has 1 atom stereocenters. The summed E-state index contributed by atoms with van der Waals surface area (Å²) in [5.41, 5.74) is 0.938. The van der Waals surface area contributed by atoms with Crippen LogP contribution in [-0.4, -0.2) is 32.5 Å². The van der Waals surface area contributed by atoms with Crippen molar-refractivity contribution in [3.63, 3.8) is 0 Å². The molecule has 1 aliphatic rings. The molecule has 0 saturated heterocycles. The van der Waals surface area contributed by atoms with Crippen molar-refractivity contribution in [1.29, 1.82) is 0 Å². The van der Waals surface area contributed by atoms with E-state index in [2.05, 4.69) is 21.7 Å². The highest BCUT2D eigenvalue weighted by atomic mass is 32.2. The maximum atomic E-state index is 12.9. The van der Waals surface area contributed by atoms with Gasteiger partial charge in [0.2, 0.25) is 5.91 Å². The molecule has 6 heteroatoms. The number of carbonyl (C=O) groups excluding carboxylic acids is 1. The van der Waals surface area contributed by atoms with Crippen LogP contribution in [-0.2, 0) is 11.3 Å². The fourth-order valence-corrected chi connectivity index (χ4v) is 3.81. The molecular weight excluding hydrogens is 320 g/mol. The van der Waals surface area contributed by atoms with Crippen LogP contribution in [0, 0.1) is 0 Å². The number of aromatic nitrogens is 3. The summed E-state index contributed by atoms with van der Waals surface area (Å²) in [7, 11) is 0. The molecule has 0 spiro atoms. The van der Waals surface area contributed by atoms with Crippen LogP contribution < -0.4 is 4.90 Å². The smallest absolute Gasteiger partial charge is 0.240 e. The Hall–Kier alpha value is -1.82. The quantitative estimate of drug-likeness (QED) is 0.719. The highest BCUT2D eigenvalue weighted by molar-refractivity contribution is 8.00. The predicted octanol–water partition coefficient (Wildman–Crippen LogP) is 3.71. The number of carbonyl (C=O) groups is 1. The van der Waals surface area contributed by atoms with E-state index in [1.54, 1.807) is 0 Å². The molecule has 1 aliphatic carbocycles. The van der Waals surface area contributed by atoms with Crippen LogP contribution >= 0.6 is 11.8 Å². The molecule has 5 nitrogen and oxygen atoms in total. The first-order valence-corrected chi connectivity index (χ1v) is 9.49. The summed E-state index contributed by atoms with van der Waals surface area (Å²) in [5, 5.41) is 9.33. The zero-order valence-corrected chi connectivity index (χ0v) is 15.3. The number of nitrogens with zero attached hydrogens (tertiary/aromatic N) is 4. The lowest BCUT2D eigenvalue weighted by Gasteiger charge is -2.24. The van der Waals surface area contributed by atoms with Gasteiger partial charge in [0.15, 0.2) is 5.16 Å². The predicted molar refractivity (Wildman–Crippen MR) is 97.5 cm³/mol. The van der Waals surface area contributed by atoms with Gasteiger partial charge in [-0.15, -0.1) is 10.2 Å². The van der Waals surface area contributed by atoms with E-state index in [9.17, 15) is 4.79 Å². The minimum atomic E-state index is -0.202. The number of hydrogen-bond acceptors (Lipinski definition) is 4. The molecule has 24 heavy (non-hydrogen) atoms. The number of para-hydroxylation sites is 1. The maximum absolute atomic E-state index is 12.9. The molecule has 3 rings (SSSR count). The lowest BCUT2D eigenvalue weighted by Crippen LogP contribution is -2.36. The number of rotatable bonds is 7. The summed E-state index contributed by atoms with van der Waals surface area (Å²) in [6, 6.07) is 9.82. The van der Waals surface area contributed by atoms with Crippen molar-refractivity contribution in [3.05, 3.63) is 36.2 Å². The second kappa shape index (κ2) is 7.38. The maximum Gasteiger partial charge on any atom is 0.240 e. The normalized spacial score (nSPS) is 15.3.